The molecule has 0 fully saturated rings. The second-order valence-electron chi connectivity index (χ2n) is 7.36. The molecule has 0 bridgehead atoms. The van der Waals surface area contributed by atoms with Gasteiger partial charge >= 0.3 is 6.09 Å². The van der Waals surface area contributed by atoms with Crippen LogP contribution in [0.4, 0.5) is 4.79 Å². The van der Waals surface area contributed by atoms with Crippen LogP contribution in [0.3, 0.4) is 0 Å². The Bertz CT molecular complexity index is 771. The van der Waals surface area contributed by atoms with Gasteiger partial charge in [-0.3, -0.25) is 4.90 Å². The summed E-state index contributed by atoms with van der Waals surface area (Å²) in [5, 5.41) is 0. The molecule has 26 heavy (non-hydrogen) atoms. The summed E-state index contributed by atoms with van der Waals surface area (Å²) < 4.78 is 11.6. The first-order valence-corrected chi connectivity index (χ1v) is 9.69. The topological polar surface area (TPSA) is 38.8 Å². The number of rotatable bonds is 3. The molecule has 0 N–H and O–H groups in total. The van der Waals surface area contributed by atoms with Crippen molar-refractivity contribution in [3.05, 3.63) is 65.2 Å². The molecule has 1 aliphatic rings. The smallest absolute Gasteiger partial charge is 0.411 e. The summed E-state index contributed by atoms with van der Waals surface area (Å²) >= 11 is 3.68. The third-order valence-electron chi connectivity index (χ3n) is 4.16. The minimum Gasteiger partial charge on any atom is -0.488 e. The minimum atomic E-state index is -0.520. The number of alkyl halides is 1. The van der Waals surface area contributed by atoms with Crippen molar-refractivity contribution >= 4 is 22.0 Å². The maximum Gasteiger partial charge on any atom is 0.411 e. The number of carbonyl (C=O) groups is 1. The molecule has 0 aliphatic carbocycles. The Morgan fingerprint density at radius 3 is 2.58 bits per heavy atom. The second kappa shape index (κ2) is 7.70. The lowest BCUT2D eigenvalue weighted by atomic mass is 9.99. The highest BCUT2D eigenvalue weighted by atomic mass is 79.9. The highest BCUT2D eigenvalue weighted by Gasteiger charge is 2.34. The summed E-state index contributed by atoms with van der Waals surface area (Å²) in [7, 11) is 0. The number of halogens is 1. The van der Waals surface area contributed by atoms with Crippen molar-refractivity contribution in [3.8, 4) is 5.75 Å². The first kappa shape index (κ1) is 18.8. The van der Waals surface area contributed by atoms with Crippen LogP contribution in [0.5, 0.6) is 5.75 Å². The molecule has 5 heteroatoms. The van der Waals surface area contributed by atoms with Crippen LogP contribution in [0.1, 0.15) is 42.4 Å². The number of hydrogen-bond donors (Lipinski definition) is 0. The van der Waals surface area contributed by atoms with E-state index in [1.165, 1.54) is 5.56 Å². The fraction of sp³-hybridized carbons (Fsp3) is 0.381. The minimum absolute atomic E-state index is 0.270. The van der Waals surface area contributed by atoms with Crippen molar-refractivity contribution in [2.45, 2.75) is 44.4 Å². The van der Waals surface area contributed by atoms with E-state index < -0.39 is 5.60 Å². The molecule has 1 unspecified atom stereocenters. The first-order chi connectivity index (χ1) is 12.3. The van der Waals surface area contributed by atoms with Crippen LogP contribution in [-0.2, 0) is 17.8 Å². The van der Waals surface area contributed by atoms with Gasteiger partial charge in [-0.25, -0.2) is 4.79 Å². The van der Waals surface area contributed by atoms with E-state index in [9.17, 15) is 4.79 Å². The van der Waals surface area contributed by atoms with E-state index >= 15 is 0 Å². The zero-order valence-electron chi connectivity index (χ0n) is 15.4. The lowest BCUT2D eigenvalue weighted by molar-refractivity contribution is 0.0219. The van der Waals surface area contributed by atoms with Crippen LogP contribution < -0.4 is 4.74 Å². The van der Waals surface area contributed by atoms with Crippen molar-refractivity contribution in [2.75, 3.05) is 6.54 Å². The third-order valence-corrected chi connectivity index (χ3v) is 5.11. The van der Waals surface area contributed by atoms with Gasteiger partial charge in [0.05, 0.1) is 0 Å². The highest BCUT2D eigenvalue weighted by molar-refractivity contribution is 9.09. The molecule has 0 saturated carbocycles. The number of amides is 1. The van der Waals surface area contributed by atoms with Gasteiger partial charge < -0.3 is 9.47 Å². The average molecular weight is 418 g/mol. The molecule has 0 spiro atoms. The van der Waals surface area contributed by atoms with Crippen molar-refractivity contribution < 1.29 is 14.3 Å². The summed E-state index contributed by atoms with van der Waals surface area (Å²) in [6.07, 6.45) is 0.460. The van der Waals surface area contributed by atoms with E-state index in [4.69, 9.17) is 9.47 Å². The van der Waals surface area contributed by atoms with E-state index in [2.05, 4.69) is 22.0 Å². The largest absolute Gasteiger partial charge is 0.488 e. The Hall–Kier alpha value is -2.01. The van der Waals surface area contributed by atoms with Crippen molar-refractivity contribution in [3.63, 3.8) is 0 Å². The molecule has 0 aromatic heterocycles. The lowest BCUT2D eigenvalue weighted by Crippen LogP contribution is -2.41. The molecule has 2 aromatic rings. The van der Waals surface area contributed by atoms with Crippen LogP contribution in [0, 0.1) is 0 Å². The highest BCUT2D eigenvalue weighted by Crippen LogP contribution is 2.41. The van der Waals surface area contributed by atoms with E-state index in [0.717, 1.165) is 23.3 Å². The molecule has 1 aliphatic heterocycles. The molecule has 3 rings (SSSR count). The van der Waals surface area contributed by atoms with Gasteiger partial charge in [0, 0.05) is 12.1 Å². The van der Waals surface area contributed by atoms with Crippen LogP contribution in [0.2, 0.25) is 0 Å². The predicted octanol–water partition coefficient (Wildman–Crippen LogP) is 5.45. The van der Waals surface area contributed by atoms with Crippen LogP contribution in [0.25, 0.3) is 0 Å². The van der Waals surface area contributed by atoms with Gasteiger partial charge in [0.2, 0.25) is 0 Å². The summed E-state index contributed by atoms with van der Waals surface area (Å²) in [4.78, 5) is 14.0. The standard InChI is InChI=1S/C21H24BrNO3/c1-21(2,3)26-20(24)23-13-12-16-10-7-11-17(18(16)19(23)22)25-14-15-8-5-4-6-9-15/h4-11,19H,12-14H2,1-3H3. The lowest BCUT2D eigenvalue weighted by Gasteiger charge is -2.36. The maximum atomic E-state index is 12.6. The average Bonchev–Trinajstić information content (AvgIpc) is 2.59. The van der Waals surface area contributed by atoms with Gasteiger partial charge in [-0.15, -0.1) is 0 Å². The van der Waals surface area contributed by atoms with E-state index in [0.29, 0.717) is 13.2 Å². The van der Waals surface area contributed by atoms with E-state index in [1.54, 1.807) is 4.90 Å². The van der Waals surface area contributed by atoms with Gasteiger partial charge in [-0.1, -0.05) is 58.4 Å². The van der Waals surface area contributed by atoms with E-state index in [1.807, 2.05) is 63.2 Å². The third kappa shape index (κ3) is 4.39. The van der Waals surface area contributed by atoms with Crippen molar-refractivity contribution in [2.24, 2.45) is 0 Å². The fourth-order valence-corrected chi connectivity index (χ4v) is 3.85. The summed E-state index contributed by atoms with van der Waals surface area (Å²) in [5.74, 6) is 0.793. The number of ether oxygens (including phenoxy) is 2. The molecule has 0 saturated heterocycles. The summed E-state index contributed by atoms with van der Waals surface area (Å²) in [6.45, 7) is 6.73. The summed E-state index contributed by atoms with van der Waals surface area (Å²) in [6, 6.07) is 16.1. The molecule has 138 valence electrons. The second-order valence-corrected chi connectivity index (χ2v) is 8.23. The Labute approximate surface area is 163 Å². The molecular formula is C21H24BrNO3. The number of hydrogen-bond acceptors (Lipinski definition) is 3. The predicted molar refractivity (Wildman–Crippen MR) is 106 cm³/mol. The Morgan fingerprint density at radius 2 is 1.88 bits per heavy atom. The van der Waals surface area contributed by atoms with Gasteiger partial charge in [-0.2, -0.15) is 0 Å². The molecule has 1 heterocycles. The molecule has 1 atom stereocenters. The fourth-order valence-electron chi connectivity index (χ4n) is 2.95. The van der Waals surface area contributed by atoms with Gasteiger partial charge in [0.15, 0.2) is 0 Å². The molecule has 4 nitrogen and oxygen atoms in total. The molecule has 2 aromatic carbocycles. The van der Waals surface area contributed by atoms with Gasteiger partial charge in [0.1, 0.15) is 22.9 Å². The van der Waals surface area contributed by atoms with Crippen molar-refractivity contribution in [1.29, 1.82) is 0 Å². The number of nitrogens with zero attached hydrogens (tertiary/aromatic N) is 1. The Balaban J connectivity index is 1.80. The van der Waals surface area contributed by atoms with Gasteiger partial charge in [0.25, 0.3) is 0 Å². The number of benzene rings is 2. The summed E-state index contributed by atoms with van der Waals surface area (Å²) in [5.41, 5.74) is 2.78. The normalized spacial score (nSPS) is 16.8. The SMILES string of the molecule is CC(C)(C)OC(=O)N1CCc2cccc(OCc3ccccc3)c2C1Br. The zero-order valence-corrected chi connectivity index (χ0v) is 17.0. The van der Waals surface area contributed by atoms with Crippen molar-refractivity contribution in [1.82, 2.24) is 4.90 Å². The van der Waals surface area contributed by atoms with E-state index in [-0.39, 0.29) is 11.0 Å². The van der Waals surface area contributed by atoms with Gasteiger partial charge in [-0.05, 0) is 44.4 Å². The number of carbonyl (C=O) groups excluding carboxylic acids is 1. The monoisotopic (exact) mass is 417 g/mol. The Kier molecular flexibility index (Phi) is 5.56. The molecule has 1 amide bonds. The van der Waals surface area contributed by atoms with Crippen LogP contribution >= 0.6 is 15.9 Å². The first-order valence-electron chi connectivity index (χ1n) is 8.77. The molecule has 0 radical (unpaired) electrons. The van der Waals surface area contributed by atoms with Crippen LogP contribution in [0.15, 0.2) is 48.5 Å². The molecular weight excluding hydrogens is 394 g/mol. The number of fused-ring (bicyclic) bond motifs is 1. The zero-order chi connectivity index (χ0) is 18.7. The Morgan fingerprint density at radius 1 is 1.15 bits per heavy atom. The van der Waals surface area contributed by atoms with Crippen LogP contribution in [-0.4, -0.2) is 23.1 Å². The quantitative estimate of drug-likeness (QED) is 0.491. The maximum absolute atomic E-state index is 12.6.